The Morgan fingerprint density at radius 1 is 1.25 bits per heavy atom. The van der Waals surface area contributed by atoms with Crippen molar-refractivity contribution in [3.05, 3.63) is 28.8 Å². The lowest BCUT2D eigenvalue weighted by atomic mass is 9.98. The number of fused-ring (bicyclic) bond motifs is 2. The molecule has 0 saturated carbocycles. The second kappa shape index (κ2) is 5.13. The minimum atomic E-state index is -1.20. The van der Waals surface area contributed by atoms with Gasteiger partial charge < -0.3 is 14.4 Å². The minimum absolute atomic E-state index is 0.0802. The highest BCUT2D eigenvalue weighted by molar-refractivity contribution is 9.09. The van der Waals surface area contributed by atoms with Crippen LogP contribution in [0.15, 0.2) is 12.1 Å². The minimum Gasteiger partial charge on any atom is -0.336 e. The van der Waals surface area contributed by atoms with Crippen LogP contribution in [-0.4, -0.2) is 31.0 Å². The zero-order valence-corrected chi connectivity index (χ0v) is 13.3. The van der Waals surface area contributed by atoms with Gasteiger partial charge in [0.1, 0.15) is 0 Å². The van der Waals surface area contributed by atoms with Crippen LogP contribution in [0.5, 0.6) is 0 Å². The molecule has 1 aromatic rings. The number of benzene rings is 1. The molecule has 3 rings (SSSR count). The van der Waals surface area contributed by atoms with E-state index >= 15 is 0 Å². The van der Waals surface area contributed by atoms with Crippen LogP contribution < -0.4 is 4.90 Å². The van der Waals surface area contributed by atoms with Crippen molar-refractivity contribution in [1.82, 2.24) is 0 Å². The Morgan fingerprint density at radius 3 is 2.55 bits per heavy atom. The van der Waals surface area contributed by atoms with Crippen molar-refractivity contribution < 1.29 is 14.3 Å². The highest BCUT2D eigenvalue weighted by Gasteiger charge is 2.57. The van der Waals surface area contributed by atoms with Crippen LogP contribution >= 0.6 is 15.9 Å². The van der Waals surface area contributed by atoms with E-state index in [2.05, 4.69) is 22.0 Å². The zero-order chi connectivity index (χ0) is 14.3. The van der Waals surface area contributed by atoms with Gasteiger partial charge in [0.25, 0.3) is 11.7 Å². The van der Waals surface area contributed by atoms with Gasteiger partial charge in [-0.05, 0) is 31.4 Å². The summed E-state index contributed by atoms with van der Waals surface area (Å²) in [6.07, 6.45) is 0.897. The number of nitrogens with zero attached hydrogens (tertiary/aromatic N) is 1. The summed E-state index contributed by atoms with van der Waals surface area (Å²) >= 11 is 3.42. The Labute approximate surface area is 127 Å². The summed E-state index contributed by atoms with van der Waals surface area (Å²) in [7, 11) is 0. The summed E-state index contributed by atoms with van der Waals surface area (Å²) in [5.41, 5.74) is 4.00. The predicted octanol–water partition coefficient (Wildman–Crippen LogP) is 2.63. The van der Waals surface area contributed by atoms with Crippen LogP contribution in [0.2, 0.25) is 0 Å². The Bertz CT molecular complexity index is 552. The number of hydrogen-bond donors (Lipinski definition) is 0. The molecule has 0 aromatic heterocycles. The number of halogens is 1. The number of aryl methyl sites for hydroxylation is 2. The number of ether oxygens (including phenoxy) is 2. The van der Waals surface area contributed by atoms with Crippen LogP contribution in [0, 0.1) is 13.8 Å². The summed E-state index contributed by atoms with van der Waals surface area (Å²) < 4.78 is 11.5. The van der Waals surface area contributed by atoms with Crippen LogP contribution in [0.4, 0.5) is 5.69 Å². The molecule has 2 aliphatic rings. The normalized spacial score (nSPS) is 19.9. The summed E-state index contributed by atoms with van der Waals surface area (Å²) in [6, 6.07) is 4.08. The van der Waals surface area contributed by atoms with Crippen LogP contribution in [-0.2, 0) is 20.1 Å². The van der Waals surface area contributed by atoms with Gasteiger partial charge in [0, 0.05) is 17.4 Å². The Kier molecular flexibility index (Phi) is 3.60. The number of rotatable bonds is 3. The topological polar surface area (TPSA) is 38.8 Å². The first-order chi connectivity index (χ1) is 9.62. The van der Waals surface area contributed by atoms with Crippen LogP contribution in [0.3, 0.4) is 0 Å². The lowest BCUT2D eigenvalue weighted by molar-refractivity contribution is -0.180. The summed E-state index contributed by atoms with van der Waals surface area (Å²) in [5, 5.41) is 0.867. The average Bonchev–Trinajstić information content (AvgIpc) is 3.00. The molecule has 0 bridgehead atoms. The third-order valence-corrected chi connectivity index (χ3v) is 4.48. The lowest BCUT2D eigenvalue weighted by Crippen LogP contribution is -2.41. The summed E-state index contributed by atoms with van der Waals surface area (Å²) in [4.78, 5) is 14.7. The van der Waals surface area contributed by atoms with Gasteiger partial charge in [-0.2, -0.15) is 0 Å². The highest BCUT2D eigenvalue weighted by Crippen LogP contribution is 2.48. The molecule has 0 aliphatic carbocycles. The second-order valence-corrected chi connectivity index (χ2v) is 6.03. The number of carbonyl (C=O) groups is 1. The van der Waals surface area contributed by atoms with Crippen LogP contribution in [0.25, 0.3) is 0 Å². The Morgan fingerprint density at radius 2 is 1.90 bits per heavy atom. The number of carbonyl (C=O) groups excluding carboxylic acids is 1. The Hall–Kier alpha value is -0.910. The molecule has 0 atom stereocenters. The number of hydrogen-bond acceptors (Lipinski definition) is 3. The van der Waals surface area contributed by atoms with Gasteiger partial charge in [0.15, 0.2) is 0 Å². The molecule has 1 aromatic carbocycles. The summed E-state index contributed by atoms with van der Waals surface area (Å²) in [5.74, 6) is -1.28. The van der Waals surface area contributed by atoms with Gasteiger partial charge in [-0.25, -0.2) is 0 Å². The SMILES string of the molecule is Cc1ccc(C)c2c1N(CCCBr)C(=O)C21OCCO1. The zero-order valence-electron chi connectivity index (χ0n) is 11.7. The van der Waals surface area contributed by atoms with E-state index in [0.29, 0.717) is 19.8 Å². The van der Waals surface area contributed by atoms with Crippen LogP contribution in [0.1, 0.15) is 23.1 Å². The maximum Gasteiger partial charge on any atom is 0.292 e. The average molecular weight is 340 g/mol. The monoisotopic (exact) mass is 339 g/mol. The third-order valence-electron chi connectivity index (χ3n) is 3.92. The first-order valence-electron chi connectivity index (χ1n) is 6.88. The highest BCUT2D eigenvalue weighted by atomic mass is 79.9. The molecule has 4 nitrogen and oxygen atoms in total. The molecular weight excluding hydrogens is 322 g/mol. The number of anilines is 1. The quantitative estimate of drug-likeness (QED) is 0.794. The van der Waals surface area contributed by atoms with E-state index in [1.54, 1.807) is 0 Å². The number of amides is 1. The van der Waals surface area contributed by atoms with Gasteiger partial charge in [0.2, 0.25) is 0 Å². The second-order valence-electron chi connectivity index (χ2n) is 5.24. The van der Waals surface area contributed by atoms with Crippen molar-refractivity contribution in [2.75, 3.05) is 30.0 Å². The van der Waals surface area contributed by atoms with Crippen molar-refractivity contribution >= 4 is 27.5 Å². The fraction of sp³-hybridized carbons (Fsp3) is 0.533. The van der Waals surface area contributed by atoms with Gasteiger partial charge in [0.05, 0.1) is 18.9 Å². The molecule has 1 saturated heterocycles. The lowest BCUT2D eigenvalue weighted by Gasteiger charge is -2.22. The molecular formula is C15H18BrNO3. The van der Waals surface area contributed by atoms with E-state index in [9.17, 15) is 4.79 Å². The smallest absolute Gasteiger partial charge is 0.292 e. The molecule has 5 heteroatoms. The fourth-order valence-corrected chi connectivity index (χ4v) is 3.31. The number of alkyl halides is 1. The molecule has 1 fully saturated rings. The molecule has 1 spiro atoms. The molecule has 20 heavy (non-hydrogen) atoms. The van der Waals surface area contributed by atoms with Crippen molar-refractivity contribution in [2.45, 2.75) is 26.1 Å². The van der Waals surface area contributed by atoms with Crippen molar-refractivity contribution in [3.8, 4) is 0 Å². The Balaban J connectivity index is 2.16. The van der Waals surface area contributed by atoms with Crippen molar-refractivity contribution in [2.24, 2.45) is 0 Å². The van der Waals surface area contributed by atoms with E-state index in [0.717, 1.165) is 34.1 Å². The molecule has 108 valence electrons. The first-order valence-corrected chi connectivity index (χ1v) is 8.00. The molecule has 0 radical (unpaired) electrons. The summed E-state index contributed by atoms with van der Waals surface area (Å²) in [6.45, 7) is 5.64. The van der Waals surface area contributed by atoms with E-state index in [1.165, 1.54) is 0 Å². The van der Waals surface area contributed by atoms with Gasteiger partial charge in [-0.1, -0.05) is 28.1 Å². The van der Waals surface area contributed by atoms with Gasteiger partial charge >= 0.3 is 0 Å². The standard InChI is InChI=1S/C15H18BrNO3/c1-10-4-5-11(2)13-12(10)15(19-8-9-20-15)14(18)17(13)7-3-6-16/h4-5H,3,6-9H2,1-2H3. The molecule has 2 heterocycles. The van der Waals surface area contributed by atoms with Crippen molar-refractivity contribution in [1.29, 1.82) is 0 Å². The van der Waals surface area contributed by atoms with Gasteiger partial charge in [-0.15, -0.1) is 0 Å². The molecule has 1 amide bonds. The van der Waals surface area contributed by atoms with E-state index in [-0.39, 0.29) is 5.91 Å². The van der Waals surface area contributed by atoms with Crippen molar-refractivity contribution in [3.63, 3.8) is 0 Å². The van der Waals surface area contributed by atoms with Gasteiger partial charge in [-0.3, -0.25) is 4.79 Å². The first kappa shape index (κ1) is 14.0. The fourth-order valence-electron chi connectivity index (χ4n) is 3.06. The maximum atomic E-state index is 12.9. The maximum absolute atomic E-state index is 12.9. The molecule has 0 N–H and O–H groups in total. The van der Waals surface area contributed by atoms with E-state index < -0.39 is 5.79 Å². The van der Waals surface area contributed by atoms with E-state index in [1.807, 2.05) is 24.8 Å². The van der Waals surface area contributed by atoms with E-state index in [4.69, 9.17) is 9.47 Å². The molecule has 2 aliphatic heterocycles. The molecule has 0 unspecified atom stereocenters. The largest absolute Gasteiger partial charge is 0.336 e. The predicted molar refractivity (Wildman–Crippen MR) is 80.3 cm³/mol. The third kappa shape index (κ3) is 1.84.